The number of benzene rings is 1. The van der Waals surface area contributed by atoms with Crippen molar-refractivity contribution in [2.75, 3.05) is 6.61 Å². The standard InChI is InChI=1S/C17H27NO2/c1-12-6-7-13(2)14(10-12)11-16(20)18-15(8-9-19)17(3,4)5/h6-7,10,15,19H,8-9,11H2,1-5H3,(H,18,20). The molecule has 1 unspecified atom stereocenters. The molecule has 3 heteroatoms. The zero-order chi connectivity index (χ0) is 15.3. The Labute approximate surface area is 122 Å². The SMILES string of the molecule is Cc1ccc(C)c(CC(=O)NC(CCO)C(C)(C)C)c1. The predicted octanol–water partition coefficient (Wildman–Crippen LogP) is 2.76. The van der Waals surface area contributed by atoms with Gasteiger partial charge in [0.2, 0.25) is 5.91 Å². The molecule has 0 aromatic heterocycles. The van der Waals surface area contributed by atoms with Crippen molar-refractivity contribution in [1.82, 2.24) is 5.32 Å². The van der Waals surface area contributed by atoms with Crippen molar-refractivity contribution in [2.45, 2.75) is 53.5 Å². The van der Waals surface area contributed by atoms with E-state index in [1.165, 1.54) is 5.56 Å². The van der Waals surface area contributed by atoms with E-state index in [1.807, 2.05) is 19.9 Å². The van der Waals surface area contributed by atoms with E-state index in [4.69, 9.17) is 5.11 Å². The largest absolute Gasteiger partial charge is 0.396 e. The van der Waals surface area contributed by atoms with Crippen molar-refractivity contribution in [3.8, 4) is 0 Å². The number of nitrogens with one attached hydrogen (secondary N) is 1. The first-order valence-electron chi connectivity index (χ1n) is 7.20. The van der Waals surface area contributed by atoms with Gasteiger partial charge in [-0.25, -0.2) is 0 Å². The number of hydrogen-bond acceptors (Lipinski definition) is 2. The van der Waals surface area contributed by atoms with Gasteiger partial charge in [0.1, 0.15) is 0 Å². The molecule has 20 heavy (non-hydrogen) atoms. The van der Waals surface area contributed by atoms with Crippen molar-refractivity contribution in [2.24, 2.45) is 5.41 Å². The van der Waals surface area contributed by atoms with Gasteiger partial charge in [-0.2, -0.15) is 0 Å². The summed E-state index contributed by atoms with van der Waals surface area (Å²) >= 11 is 0. The minimum Gasteiger partial charge on any atom is -0.396 e. The summed E-state index contributed by atoms with van der Waals surface area (Å²) in [6, 6.07) is 6.16. The van der Waals surface area contributed by atoms with Crippen LogP contribution in [-0.4, -0.2) is 23.7 Å². The minimum absolute atomic E-state index is 0.00915. The van der Waals surface area contributed by atoms with E-state index in [1.54, 1.807) is 0 Å². The van der Waals surface area contributed by atoms with E-state index < -0.39 is 0 Å². The Hall–Kier alpha value is -1.35. The Kier molecular flexibility index (Phi) is 5.75. The summed E-state index contributed by atoms with van der Waals surface area (Å²) in [6.07, 6.45) is 0.980. The van der Waals surface area contributed by atoms with Gasteiger partial charge in [0, 0.05) is 12.6 Å². The van der Waals surface area contributed by atoms with E-state index in [2.05, 4.69) is 38.2 Å². The number of aliphatic hydroxyl groups is 1. The quantitative estimate of drug-likeness (QED) is 0.869. The molecule has 0 bridgehead atoms. The highest BCUT2D eigenvalue weighted by atomic mass is 16.3. The predicted molar refractivity (Wildman–Crippen MR) is 82.7 cm³/mol. The molecule has 0 heterocycles. The Morgan fingerprint density at radius 1 is 1.30 bits per heavy atom. The minimum atomic E-state index is -0.0555. The van der Waals surface area contributed by atoms with Crippen molar-refractivity contribution < 1.29 is 9.90 Å². The maximum Gasteiger partial charge on any atom is 0.224 e. The van der Waals surface area contributed by atoms with Crippen LogP contribution in [0.3, 0.4) is 0 Å². The molecule has 3 nitrogen and oxygen atoms in total. The molecule has 0 aliphatic rings. The van der Waals surface area contributed by atoms with Gasteiger partial charge in [0.15, 0.2) is 0 Å². The fraction of sp³-hybridized carbons (Fsp3) is 0.588. The van der Waals surface area contributed by atoms with E-state index in [0.717, 1.165) is 11.1 Å². The van der Waals surface area contributed by atoms with Crippen LogP contribution in [0, 0.1) is 19.3 Å². The lowest BCUT2D eigenvalue weighted by Gasteiger charge is -2.31. The molecule has 0 saturated heterocycles. The van der Waals surface area contributed by atoms with Crippen LogP contribution in [0.2, 0.25) is 0 Å². The highest BCUT2D eigenvalue weighted by Crippen LogP contribution is 2.22. The average molecular weight is 277 g/mol. The van der Waals surface area contributed by atoms with Crippen LogP contribution < -0.4 is 5.32 Å². The van der Waals surface area contributed by atoms with Crippen molar-refractivity contribution in [3.63, 3.8) is 0 Å². The van der Waals surface area contributed by atoms with Gasteiger partial charge in [0.25, 0.3) is 0 Å². The molecule has 0 aliphatic carbocycles. The van der Waals surface area contributed by atoms with Crippen LogP contribution in [0.15, 0.2) is 18.2 Å². The number of hydrogen-bond donors (Lipinski definition) is 2. The van der Waals surface area contributed by atoms with Crippen LogP contribution in [0.25, 0.3) is 0 Å². The van der Waals surface area contributed by atoms with Crippen molar-refractivity contribution in [1.29, 1.82) is 0 Å². The first-order chi connectivity index (χ1) is 9.24. The van der Waals surface area contributed by atoms with Crippen LogP contribution in [0.1, 0.15) is 43.9 Å². The molecule has 0 fully saturated rings. The lowest BCUT2D eigenvalue weighted by Crippen LogP contribution is -2.44. The molecule has 1 atom stereocenters. The Morgan fingerprint density at radius 2 is 1.95 bits per heavy atom. The van der Waals surface area contributed by atoms with Crippen LogP contribution in [0.4, 0.5) is 0 Å². The second-order valence-corrected chi connectivity index (χ2v) is 6.61. The van der Waals surface area contributed by atoms with Crippen LogP contribution >= 0.6 is 0 Å². The number of amides is 1. The number of carbonyl (C=O) groups excluding carboxylic acids is 1. The summed E-state index contributed by atoms with van der Waals surface area (Å²) in [6.45, 7) is 10.4. The van der Waals surface area contributed by atoms with Crippen molar-refractivity contribution in [3.05, 3.63) is 34.9 Å². The normalized spacial score (nSPS) is 13.1. The van der Waals surface area contributed by atoms with Crippen LogP contribution in [0.5, 0.6) is 0 Å². The van der Waals surface area contributed by atoms with Crippen LogP contribution in [-0.2, 0) is 11.2 Å². The molecule has 0 radical (unpaired) electrons. The zero-order valence-corrected chi connectivity index (χ0v) is 13.3. The third-order valence-corrected chi connectivity index (χ3v) is 3.65. The summed E-state index contributed by atoms with van der Waals surface area (Å²) < 4.78 is 0. The summed E-state index contributed by atoms with van der Waals surface area (Å²) in [5, 5.41) is 12.2. The van der Waals surface area contributed by atoms with E-state index in [-0.39, 0.29) is 24.0 Å². The highest BCUT2D eigenvalue weighted by Gasteiger charge is 2.25. The molecule has 2 N–H and O–H groups in total. The molecule has 1 aromatic rings. The smallest absolute Gasteiger partial charge is 0.224 e. The summed E-state index contributed by atoms with van der Waals surface area (Å²) in [5.41, 5.74) is 3.32. The summed E-state index contributed by atoms with van der Waals surface area (Å²) in [5.74, 6) is 0.0204. The lowest BCUT2D eigenvalue weighted by molar-refractivity contribution is -0.122. The topological polar surface area (TPSA) is 49.3 Å². The first kappa shape index (κ1) is 16.7. The maximum atomic E-state index is 12.2. The number of carbonyl (C=O) groups is 1. The molecule has 1 aromatic carbocycles. The summed E-state index contributed by atoms with van der Waals surface area (Å²) in [7, 11) is 0. The van der Waals surface area contributed by atoms with Gasteiger partial charge < -0.3 is 10.4 Å². The van der Waals surface area contributed by atoms with Crippen molar-refractivity contribution >= 4 is 5.91 Å². The molecule has 112 valence electrons. The molecular weight excluding hydrogens is 250 g/mol. The van der Waals surface area contributed by atoms with E-state index in [9.17, 15) is 4.79 Å². The van der Waals surface area contributed by atoms with Gasteiger partial charge >= 0.3 is 0 Å². The fourth-order valence-corrected chi connectivity index (χ4v) is 2.26. The number of aryl methyl sites for hydroxylation is 2. The Morgan fingerprint density at radius 3 is 2.50 bits per heavy atom. The first-order valence-corrected chi connectivity index (χ1v) is 7.20. The summed E-state index contributed by atoms with van der Waals surface area (Å²) in [4.78, 5) is 12.2. The zero-order valence-electron chi connectivity index (χ0n) is 13.3. The number of aliphatic hydroxyl groups excluding tert-OH is 1. The number of rotatable bonds is 5. The molecule has 0 saturated carbocycles. The Bertz CT molecular complexity index is 461. The maximum absolute atomic E-state index is 12.2. The Balaban J connectivity index is 2.73. The van der Waals surface area contributed by atoms with E-state index >= 15 is 0 Å². The third kappa shape index (κ3) is 4.97. The molecule has 0 aliphatic heterocycles. The molecular formula is C17H27NO2. The lowest BCUT2D eigenvalue weighted by atomic mass is 9.84. The fourth-order valence-electron chi connectivity index (χ4n) is 2.26. The van der Waals surface area contributed by atoms with Gasteiger partial charge in [-0.3, -0.25) is 4.79 Å². The monoisotopic (exact) mass is 277 g/mol. The molecule has 1 rings (SSSR count). The van der Waals surface area contributed by atoms with Gasteiger partial charge in [-0.05, 0) is 36.8 Å². The third-order valence-electron chi connectivity index (χ3n) is 3.65. The van der Waals surface area contributed by atoms with Gasteiger partial charge in [-0.1, -0.05) is 44.5 Å². The molecule has 1 amide bonds. The average Bonchev–Trinajstić information content (AvgIpc) is 2.32. The molecule has 0 spiro atoms. The highest BCUT2D eigenvalue weighted by molar-refractivity contribution is 5.79. The second kappa shape index (κ2) is 6.89. The van der Waals surface area contributed by atoms with Gasteiger partial charge in [-0.15, -0.1) is 0 Å². The van der Waals surface area contributed by atoms with E-state index in [0.29, 0.717) is 12.8 Å². The second-order valence-electron chi connectivity index (χ2n) is 6.61. The van der Waals surface area contributed by atoms with Gasteiger partial charge in [0.05, 0.1) is 6.42 Å².